The molecule has 0 bridgehead atoms. The number of nitrogens with two attached hydrogens (primary N) is 1. The Morgan fingerprint density at radius 3 is 2.65 bits per heavy atom. The zero-order valence-corrected chi connectivity index (χ0v) is 11.8. The molecule has 0 saturated heterocycles. The highest BCUT2D eigenvalue weighted by atomic mass is 15.1. The zero-order chi connectivity index (χ0) is 14.1. The number of rotatable bonds is 3. The Morgan fingerprint density at radius 1 is 1.25 bits per heavy atom. The van der Waals surface area contributed by atoms with Crippen molar-refractivity contribution < 1.29 is 0 Å². The SMILES string of the molecule is Cc1nc2c(n1Cc1ccc(C(=N)N)cc1)CCCC2. The highest BCUT2D eigenvalue weighted by molar-refractivity contribution is 5.94. The van der Waals surface area contributed by atoms with E-state index < -0.39 is 0 Å². The van der Waals surface area contributed by atoms with E-state index >= 15 is 0 Å². The van der Waals surface area contributed by atoms with Gasteiger partial charge in [0.2, 0.25) is 0 Å². The maximum atomic E-state index is 7.42. The van der Waals surface area contributed by atoms with Gasteiger partial charge in [0.1, 0.15) is 11.7 Å². The first-order chi connectivity index (χ1) is 9.65. The van der Waals surface area contributed by atoms with Crippen molar-refractivity contribution in [3.05, 3.63) is 52.6 Å². The maximum absolute atomic E-state index is 7.42. The van der Waals surface area contributed by atoms with Gasteiger partial charge in [0, 0.05) is 17.8 Å². The van der Waals surface area contributed by atoms with Crippen molar-refractivity contribution in [1.82, 2.24) is 9.55 Å². The van der Waals surface area contributed by atoms with Crippen molar-refractivity contribution in [3.63, 3.8) is 0 Å². The summed E-state index contributed by atoms with van der Waals surface area (Å²) in [5.41, 5.74) is 10.2. The molecule has 4 heteroatoms. The zero-order valence-electron chi connectivity index (χ0n) is 11.8. The molecule has 1 aliphatic rings. The van der Waals surface area contributed by atoms with Crippen molar-refractivity contribution in [2.75, 3.05) is 0 Å². The summed E-state index contributed by atoms with van der Waals surface area (Å²) in [5, 5.41) is 7.42. The van der Waals surface area contributed by atoms with Crippen molar-refractivity contribution in [2.24, 2.45) is 5.73 Å². The average molecular weight is 268 g/mol. The molecule has 3 N–H and O–H groups in total. The van der Waals surface area contributed by atoms with E-state index in [1.807, 2.05) is 24.3 Å². The van der Waals surface area contributed by atoms with E-state index in [-0.39, 0.29) is 5.84 Å². The normalized spacial score (nSPS) is 14.1. The molecular weight excluding hydrogens is 248 g/mol. The molecule has 0 saturated carbocycles. The van der Waals surface area contributed by atoms with Gasteiger partial charge in [-0.15, -0.1) is 0 Å². The fourth-order valence-corrected chi connectivity index (χ4v) is 2.92. The van der Waals surface area contributed by atoms with Crippen molar-refractivity contribution in [2.45, 2.75) is 39.2 Å². The number of nitrogens with zero attached hydrogens (tertiary/aromatic N) is 2. The first-order valence-corrected chi connectivity index (χ1v) is 7.13. The summed E-state index contributed by atoms with van der Waals surface area (Å²) >= 11 is 0. The summed E-state index contributed by atoms with van der Waals surface area (Å²) in [5.74, 6) is 1.22. The van der Waals surface area contributed by atoms with E-state index in [1.165, 1.54) is 29.8 Å². The molecule has 0 atom stereocenters. The van der Waals surface area contributed by atoms with Gasteiger partial charge in [-0.2, -0.15) is 0 Å². The van der Waals surface area contributed by atoms with E-state index in [2.05, 4.69) is 11.5 Å². The van der Waals surface area contributed by atoms with E-state index in [4.69, 9.17) is 16.1 Å². The molecule has 0 unspecified atom stereocenters. The molecule has 1 aromatic heterocycles. The fourth-order valence-electron chi connectivity index (χ4n) is 2.92. The van der Waals surface area contributed by atoms with Gasteiger partial charge in [-0.1, -0.05) is 24.3 Å². The van der Waals surface area contributed by atoms with Gasteiger partial charge in [-0.25, -0.2) is 4.98 Å². The third kappa shape index (κ3) is 2.33. The van der Waals surface area contributed by atoms with Crippen LogP contribution in [0.1, 0.15) is 41.2 Å². The maximum Gasteiger partial charge on any atom is 0.122 e. The van der Waals surface area contributed by atoms with E-state index in [1.54, 1.807) is 0 Å². The molecule has 3 rings (SSSR count). The third-order valence-corrected chi connectivity index (χ3v) is 4.03. The number of hydrogen-bond donors (Lipinski definition) is 2. The number of nitrogen functional groups attached to an aromatic ring is 1. The van der Waals surface area contributed by atoms with E-state index in [0.717, 1.165) is 30.8 Å². The van der Waals surface area contributed by atoms with Crippen LogP contribution in [-0.2, 0) is 19.4 Å². The summed E-state index contributed by atoms with van der Waals surface area (Å²) in [6, 6.07) is 7.92. The molecule has 0 amide bonds. The largest absolute Gasteiger partial charge is 0.384 e. The summed E-state index contributed by atoms with van der Waals surface area (Å²) in [4.78, 5) is 4.70. The van der Waals surface area contributed by atoms with E-state index in [9.17, 15) is 0 Å². The van der Waals surface area contributed by atoms with Crippen LogP contribution < -0.4 is 5.73 Å². The molecule has 0 spiro atoms. The van der Waals surface area contributed by atoms with Crippen molar-refractivity contribution in [1.29, 1.82) is 5.41 Å². The topological polar surface area (TPSA) is 67.7 Å². The highest BCUT2D eigenvalue weighted by Gasteiger charge is 2.17. The number of imidazole rings is 1. The van der Waals surface area contributed by atoms with Crippen LogP contribution in [0, 0.1) is 12.3 Å². The molecule has 2 aromatic rings. The van der Waals surface area contributed by atoms with Gasteiger partial charge in [-0.05, 0) is 38.2 Å². The lowest BCUT2D eigenvalue weighted by Crippen LogP contribution is -2.12. The number of fused-ring (bicyclic) bond motifs is 1. The van der Waals surface area contributed by atoms with Crippen LogP contribution in [-0.4, -0.2) is 15.4 Å². The molecule has 1 aromatic carbocycles. The molecule has 1 aliphatic carbocycles. The van der Waals surface area contributed by atoms with Crippen LogP contribution in [0.5, 0.6) is 0 Å². The predicted molar refractivity (Wildman–Crippen MR) is 80.2 cm³/mol. The quantitative estimate of drug-likeness (QED) is 0.663. The van der Waals surface area contributed by atoms with Gasteiger partial charge >= 0.3 is 0 Å². The number of amidine groups is 1. The van der Waals surface area contributed by atoms with Crippen LogP contribution in [0.25, 0.3) is 0 Å². The minimum absolute atomic E-state index is 0.118. The lowest BCUT2D eigenvalue weighted by atomic mass is 10.0. The monoisotopic (exact) mass is 268 g/mol. The smallest absolute Gasteiger partial charge is 0.122 e. The first kappa shape index (κ1) is 12.9. The molecule has 0 aliphatic heterocycles. The minimum Gasteiger partial charge on any atom is -0.384 e. The first-order valence-electron chi connectivity index (χ1n) is 7.13. The molecule has 104 valence electrons. The summed E-state index contributed by atoms with van der Waals surface area (Å²) in [7, 11) is 0. The Bertz CT molecular complexity index is 637. The minimum atomic E-state index is 0.118. The second-order valence-corrected chi connectivity index (χ2v) is 5.46. The molecule has 20 heavy (non-hydrogen) atoms. The van der Waals surface area contributed by atoms with Crippen LogP contribution in [0.4, 0.5) is 0 Å². The van der Waals surface area contributed by atoms with E-state index in [0.29, 0.717) is 0 Å². The summed E-state index contributed by atoms with van der Waals surface area (Å²) in [6.45, 7) is 2.94. The van der Waals surface area contributed by atoms with Gasteiger partial charge in [0.25, 0.3) is 0 Å². The summed E-state index contributed by atoms with van der Waals surface area (Å²) in [6.07, 6.45) is 4.78. The molecule has 0 fully saturated rings. The second-order valence-electron chi connectivity index (χ2n) is 5.46. The van der Waals surface area contributed by atoms with Crippen LogP contribution in [0.3, 0.4) is 0 Å². The van der Waals surface area contributed by atoms with Crippen LogP contribution in [0.2, 0.25) is 0 Å². The molecular formula is C16H20N4. The lowest BCUT2D eigenvalue weighted by molar-refractivity contribution is 0.624. The number of aryl methyl sites for hydroxylation is 2. The van der Waals surface area contributed by atoms with Gasteiger partial charge in [-0.3, -0.25) is 5.41 Å². The van der Waals surface area contributed by atoms with Gasteiger partial charge in [0.05, 0.1) is 5.69 Å². The van der Waals surface area contributed by atoms with Gasteiger partial charge in [0.15, 0.2) is 0 Å². The average Bonchev–Trinajstić information content (AvgIpc) is 2.76. The Morgan fingerprint density at radius 2 is 1.95 bits per heavy atom. The standard InChI is InChI=1S/C16H20N4/c1-11-19-14-4-2-3-5-15(14)20(11)10-12-6-8-13(9-7-12)16(17)18/h6-9H,2-5,10H2,1H3,(H3,17,18). The van der Waals surface area contributed by atoms with Crippen molar-refractivity contribution >= 4 is 5.84 Å². The Kier molecular flexibility index (Phi) is 3.30. The molecule has 0 radical (unpaired) electrons. The number of benzene rings is 1. The third-order valence-electron chi connectivity index (χ3n) is 4.03. The number of hydrogen-bond acceptors (Lipinski definition) is 2. The van der Waals surface area contributed by atoms with Gasteiger partial charge < -0.3 is 10.3 Å². The van der Waals surface area contributed by atoms with Crippen LogP contribution >= 0.6 is 0 Å². The Hall–Kier alpha value is -2.10. The predicted octanol–water partition coefficient (Wildman–Crippen LogP) is 2.40. The number of aromatic nitrogens is 2. The van der Waals surface area contributed by atoms with Crippen LogP contribution in [0.15, 0.2) is 24.3 Å². The summed E-state index contributed by atoms with van der Waals surface area (Å²) < 4.78 is 2.33. The molecule has 1 heterocycles. The Labute approximate surface area is 119 Å². The lowest BCUT2D eigenvalue weighted by Gasteiger charge is -2.15. The highest BCUT2D eigenvalue weighted by Crippen LogP contribution is 2.23. The fraction of sp³-hybridized carbons (Fsp3) is 0.375. The second kappa shape index (κ2) is 5.12. The number of nitrogens with one attached hydrogen (secondary N) is 1. The van der Waals surface area contributed by atoms with Crippen molar-refractivity contribution in [3.8, 4) is 0 Å². The Balaban J connectivity index is 1.87. The molecule has 4 nitrogen and oxygen atoms in total.